The van der Waals surface area contributed by atoms with Crippen LogP contribution in [0.3, 0.4) is 0 Å². The Bertz CT molecular complexity index is 1100. The zero-order chi connectivity index (χ0) is 23.8. The van der Waals surface area contributed by atoms with Gasteiger partial charge in [0.25, 0.3) is 0 Å². The summed E-state index contributed by atoms with van der Waals surface area (Å²) >= 11 is 0. The summed E-state index contributed by atoms with van der Waals surface area (Å²) in [6.07, 6.45) is 6.17. The molecule has 7 nitrogen and oxygen atoms in total. The summed E-state index contributed by atoms with van der Waals surface area (Å²) < 4.78 is 13.3. The van der Waals surface area contributed by atoms with Crippen LogP contribution >= 0.6 is 0 Å². The van der Waals surface area contributed by atoms with Crippen LogP contribution in [-0.4, -0.2) is 40.1 Å². The Labute approximate surface area is 194 Å². The smallest absolute Gasteiger partial charge is 0.336 e. The van der Waals surface area contributed by atoms with E-state index in [0.717, 1.165) is 23.4 Å². The molecule has 1 aromatic heterocycles. The molecule has 174 valence electrons. The van der Waals surface area contributed by atoms with E-state index in [-0.39, 0.29) is 5.56 Å². The number of nitrogens with zero attached hydrogens (tertiary/aromatic N) is 3. The van der Waals surface area contributed by atoms with Gasteiger partial charge in [0.1, 0.15) is 5.82 Å². The molecule has 2 aromatic carbocycles. The molecule has 0 bridgehead atoms. The highest BCUT2D eigenvalue weighted by atomic mass is 16.7. The lowest BCUT2D eigenvalue weighted by Gasteiger charge is -2.27. The maximum Gasteiger partial charge on any atom is 0.336 e. The molecule has 0 fully saturated rings. The number of allylic oxidation sites excluding steroid dienone is 2. The molecule has 0 atom stereocenters. The lowest BCUT2D eigenvalue weighted by atomic mass is 9.99. The highest BCUT2D eigenvalue weighted by Crippen LogP contribution is 2.29. The van der Waals surface area contributed by atoms with Gasteiger partial charge in [-0.1, -0.05) is 68.0 Å². The van der Waals surface area contributed by atoms with Gasteiger partial charge in [-0.15, -0.1) is 5.10 Å². The summed E-state index contributed by atoms with van der Waals surface area (Å²) in [5.74, 6) is -0.584. The fraction of sp³-hybridized carbons (Fsp3) is 0.346. The number of hydrogen-bond donors (Lipinski definition) is 1. The van der Waals surface area contributed by atoms with Crippen LogP contribution in [-0.2, 0) is 28.2 Å². The van der Waals surface area contributed by atoms with Crippen LogP contribution in [0, 0.1) is 0 Å². The normalized spacial score (nSPS) is 11.9. The van der Waals surface area contributed by atoms with Crippen LogP contribution in [0.4, 0.5) is 0 Å². The van der Waals surface area contributed by atoms with E-state index in [1.807, 2.05) is 60.2 Å². The number of hydrogen-bond acceptors (Lipinski definition) is 5. The third kappa shape index (κ3) is 5.38. The molecule has 0 unspecified atom stereocenters. The maximum absolute atomic E-state index is 11.6. The fourth-order valence-electron chi connectivity index (χ4n) is 3.83. The Balaban J connectivity index is 1.92. The molecule has 1 heterocycles. The summed E-state index contributed by atoms with van der Waals surface area (Å²) in [5.41, 5.74) is 2.86. The second-order valence-electron chi connectivity index (χ2n) is 7.74. The lowest BCUT2D eigenvalue weighted by Crippen LogP contribution is -2.32. The molecule has 0 aliphatic heterocycles. The van der Waals surface area contributed by atoms with Gasteiger partial charge in [-0.25, -0.2) is 14.5 Å². The molecule has 1 N–H and O–H groups in total. The molecule has 7 heteroatoms. The molecule has 0 aliphatic rings. The van der Waals surface area contributed by atoms with Crippen LogP contribution in [0.2, 0.25) is 0 Å². The summed E-state index contributed by atoms with van der Waals surface area (Å²) in [6.45, 7) is 4.56. The van der Waals surface area contributed by atoms with Crippen molar-refractivity contribution >= 4 is 5.97 Å². The molecule has 3 aromatic rings. The zero-order valence-corrected chi connectivity index (χ0v) is 19.6. The van der Waals surface area contributed by atoms with Crippen molar-refractivity contribution in [1.82, 2.24) is 14.8 Å². The first-order valence-electron chi connectivity index (χ1n) is 11.0. The molecule has 0 radical (unpaired) electrons. The third-order valence-corrected chi connectivity index (χ3v) is 5.62. The predicted molar refractivity (Wildman–Crippen MR) is 127 cm³/mol. The van der Waals surface area contributed by atoms with Crippen LogP contribution in [0.5, 0.6) is 0 Å². The second kappa shape index (κ2) is 11.0. The lowest BCUT2D eigenvalue weighted by molar-refractivity contribution is -0.225. The molecule has 0 aliphatic carbocycles. The minimum absolute atomic E-state index is 0.284. The van der Waals surface area contributed by atoms with E-state index < -0.39 is 11.8 Å². The number of carboxylic acids is 1. The number of ether oxygens (including phenoxy) is 2. The first-order chi connectivity index (χ1) is 16.0. The van der Waals surface area contributed by atoms with Crippen molar-refractivity contribution in [2.45, 2.75) is 45.4 Å². The minimum Gasteiger partial charge on any atom is -0.478 e. The molecule has 0 saturated heterocycles. The minimum atomic E-state index is -0.977. The van der Waals surface area contributed by atoms with Crippen molar-refractivity contribution in [2.75, 3.05) is 14.2 Å². The van der Waals surface area contributed by atoms with Crippen molar-refractivity contribution < 1.29 is 19.4 Å². The monoisotopic (exact) mass is 449 g/mol. The zero-order valence-electron chi connectivity index (χ0n) is 19.6. The van der Waals surface area contributed by atoms with Crippen LogP contribution in [0.25, 0.3) is 11.1 Å². The van der Waals surface area contributed by atoms with Crippen molar-refractivity contribution in [3.8, 4) is 11.1 Å². The van der Waals surface area contributed by atoms with Crippen LogP contribution in [0.1, 0.15) is 54.3 Å². The molecular weight excluding hydrogens is 418 g/mol. The third-order valence-electron chi connectivity index (χ3n) is 5.62. The van der Waals surface area contributed by atoms with Crippen molar-refractivity contribution in [2.24, 2.45) is 0 Å². The fourth-order valence-corrected chi connectivity index (χ4v) is 3.83. The summed E-state index contributed by atoms with van der Waals surface area (Å²) in [7, 11) is 3.22. The molecule has 3 rings (SSSR count). The molecule has 0 spiro atoms. The maximum atomic E-state index is 11.6. The summed E-state index contributed by atoms with van der Waals surface area (Å²) in [6, 6.07) is 14.9. The summed E-state index contributed by atoms with van der Waals surface area (Å²) in [4.78, 5) is 16.3. The van der Waals surface area contributed by atoms with Gasteiger partial charge in [-0.2, -0.15) is 0 Å². The van der Waals surface area contributed by atoms with E-state index in [4.69, 9.17) is 19.6 Å². The van der Waals surface area contributed by atoms with E-state index in [1.165, 1.54) is 0 Å². The predicted octanol–water partition coefficient (Wildman–Crippen LogP) is 5.06. The van der Waals surface area contributed by atoms with Gasteiger partial charge in [0.2, 0.25) is 11.6 Å². The second-order valence-corrected chi connectivity index (χ2v) is 7.74. The highest BCUT2D eigenvalue weighted by molar-refractivity contribution is 5.95. The van der Waals surface area contributed by atoms with Crippen molar-refractivity contribution in [3.63, 3.8) is 0 Å². The number of rotatable bonds is 11. The Morgan fingerprint density at radius 3 is 2.42 bits per heavy atom. The topological polar surface area (TPSA) is 86.5 Å². The van der Waals surface area contributed by atoms with Gasteiger partial charge in [0.15, 0.2) is 0 Å². The number of carbonyl (C=O) groups is 1. The van der Waals surface area contributed by atoms with Gasteiger partial charge in [0.05, 0.1) is 12.1 Å². The number of carboxylic acid groups (broad SMARTS) is 1. The molecular formula is C26H31N3O4. The van der Waals surface area contributed by atoms with Gasteiger partial charge < -0.3 is 14.6 Å². The van der Waals surface area contributed by atoms with E-state index in [2.05, 4.69) is 6.92 Å². The van der Waals surface area contributed by atoms with Crippen molar-refractivity contribution in [1.29, 1.82) is 0 Å². The average molecular weight is 450 g/mol. The Kier molecular flexibility index (Phi) is 8.14. The van der Waals surface area contributed by atoms with Crippen LogP contribution < -0.4 is 0 Å². The van der Waals surface area contributed by atoms with Gasteiger partial charge in [-0.05, 0) is 29.7 Å². The van der Waals surface area contributed by atoms with E-state index >= 15 is 0 Å². The van der Waals surface area contributed by atoms with E-state index in [0.29, 0.717) is 30.8 Å². The average Bonchev–Trinajstić information content (AvgIpc) is 3.24. The number of aromatic carboxylic acids is 1. The molecule has 0 amide bonds. The standard InChI is InChI=1S/C26H31N3O4/c1-5-7-12-23-27-25(26(32-3,33-4)17-6-2)28-29(23)18-19-13-15-20(16-14-19)21-10-8-9-11-22(21)24(30)31/h5,7-11,13-16H,6,12,17-18H2,1-4H3,(H,30,31). The number of benzene rings is 2. The largest absolute Gasteiger partial charge is 0.478 e. The van der Waals surface area contributed by atoms with E-state index in [9.17, 15) is 9.90 Å². The van der Waals surface area contributed by atoms with Gasteiger partial charge in [-0.3, -0.25) is 0 Å². The Morgan fingerprint density at radius 2 is 1.82 bits per heavy atom. The molecule has 0 saturated carbocycles. The van der Waals surface area contributed by atoms with Crippen molar-refractivity contribution in [3.05, 3.63) is 83.5 Å². The summed E-state index contributed by atoms with van der Waals surface area (Å²) in [5, 5.41) is 14.2. The first-order valence-corrected chi connectivity index (χ1v) is 11.0. The Hall–Kier alpha value is -3.29. The number of methoxy groups -OCH3 is 2. The SMILES string of the molecule is CC=CCc1nc(C(CCC)(OC)OC)nn1Cc1ccc(-c2ccccc2C(=O)O)cc1. The van der Waals surface area contributed by atoms with E-state index in [1.54, 1.807) is 26.4 Å². The molecule has 33 heavy (non-hydrogen) atoms. The number of aromatic nitrogens is 3. The van der Waals surface area contributed by atoms with Gasteiger partial charge in [0, 0.05) is 27.1 Å². The highest BCUT2D eigenvalue weighted by Gasteiger charge is 2.36. The van der Waals surface area contributed by atoms with Gasteiger partial charge >= 0.3 is 5.97 Å². The Morgan fingerprint density at radius 1 is 1.12 bits per heavy atom. The van der Waals surface area contributed by atoms with Crippen LogP contribution in [0.15, 0.2) is 60.7 Å². The quantitative estimate of drug-likeness (QED) is 0.325. The first kappa shape index (κ1) is 24.4.